The van der Waals surface area contributed by atoms with Crippen molar-refractivity contribution in [3.05, 3.63) is 75.0 Å². The first-order valence-corrected chi connectivity index (χ1v) is 8.83. The van der Waals surface area contributed by atoms with Gasteiger partial charge in [-0.15, -0.1) is 0 Å². The monoisotopic (exact) mass is 399 g/mol. The van der Waals surface area contributed by atoms with Crippen LogP contribution in [0, 0.1) is 18.3 Å². The first kappa shape index (κ1) is 19.0. The van der Waals surface area contributed by atoms with Crippen LogP contribution < -0.4 is 0 Å². The molecule has 0 spiro atoms. The third-order valence-corrected chi connectivity index (χ3v) is 4.73. The molecule has 3 aromatic rings. The second-order valence-corrected chi connectivity index (χ2v) is 6.85. The average Bonchev–Trinajstić information content (AvgIpc) is 3.02. The lowest BCUT2D eigenvalue weighted by Gasteiger charge is -2.18. The van der Waals surface area contributed by atoms with Gasteiger partial charge in [0, 0.05) is 19.2 Å². The maximum atomic E-state index is 13.1. The Labute approximate surface area is 166 Å². The summed E-state index contributed by atoms with van der Waals surface area (Å²) in [6, 6.07) is 14.3. The van der Waals surface area contributed by atoms with Crippen LogP contribution in [0.3, 0.4) is 0 Å². The van der Waals surface area contributed by atoms with Crippen molar-refractivity contribution in [3.8, 4) is 17.3 Å². The van der Waals surface area contributed by atoms with Crippen molar-refractivity contribution in [3.63, 3.8) is 0 Å². The molecule has 0 aliphatic carbocycles. The van der Waals surface area contributed by atoms with Crippen molar-refractivity contribution in [1.29, 1.82) is 5.26 Å². The second kappa shape index (κ2) is 7.83. The molecule has 0 N–H and O–H groups in total. The molecule has 5 nitrogen and oxygen atoms in total. The molecule has 136 valence electrons. The van der Waals surface area contributed by atoms with Gasteiger partial charge in [0.1, 0.15) is 17.0 Å². The van der Waals surface area contributed by atoms with Crippen LogP contribution in [0.1, 0.15) is 27.2 Å². The molecule has 0 aliphatic rings. The molecular weight excluding hydrogens is 385 g/mol. The summed E-state index contributed by atoms with van der Waals surface area (Å²) >= 11 is 12.5. The summed E-state index contributed by atoms with van der Waals surface area (Å²) in [5.74, 6) is 0.103. The zero-order valence-corrected chi connectivity index (χ0v) is 16.2. The van der Waals surface area contributed by atoms with Crippen LogP contribution in [0.15, 0.2) is 47.0 Å². The van der Waals surface area contributed by atoms with Gasteiger partial charge in [-0.3, -0.25) is 4.79 Å². The zero-order valence-electron chi connectivity index (χ0n) is 14.7. The highest BCUT2D eigenvalue weighted by Gasteiger charge is 2.27. The van der Waals surface area contributed by atoms with Gasteiger partial charge < -0.3 is 9.42 Å². The standard InChI is InChI=1S/C20H15Cl2N3O2/c1-12-17(19(24-27-12)18-15(21)7-4-8-16(18)22)20(26)25(2)11-14-6-3-5-13(9-14)10-23/h3-9H,11H2,1-2H3. The third-order valence-electron chi connectivity index (χ3n) is 4.10. The van der Waals surface area contributed by atoms with Crippen LogP contribution in [0.4, 0.5) is 0 Å². The lowest BCUT2D eigenvalue weighted by molar-refractivity contribution is 0.0784. The number of halogens is 2. The molecule has 1 heterocycles. The second-order valence-electron chi connectivity index (χ2n) is 6.03. The highest BCUT2D eigenvalue weighted by atomic mass is 35.5. The predicted octanol–water partition coefficient (Wildman–Crippen LogP) is 5.10. The highest BCUT2D eigenvalue weighted by Crippen LogP contribution is 2.37. The van der Waals surface area contributed by atoms with Crippen LogP contribution in [0.25, 0.3) is 11.3 Å². The fourth-order valence-electron chi connectivity index (χ4n) is 2.79. The minimum atomic E-state index is -0.276. The molecule has 27 heavy (non-hydrogen) atoms. The van der Waals surface area contributed by atoms with Gasteiger partial charge in [-0.25, -0.2) is 0 Å². The molecule has 0 atom stereocenters. The minimum absolute atomic E-state index is 0.276. The Hall–Kier alpha value is -2.81. The molecule has 3 rings (SSSR count). The lowest BCUT2D eigenvalue weighted by atomic mass is 10.0. The zero-order chi connectivity index (χ0) is 19.6. The van der Waals surface area contributed by atoms with E-state index in [2.05, 4.69) is 11.2 Å². The van der Waals surface area contributed by atoms with Crippen molar-refractivity contribution in [2.75, 3.05) is 7.05 Å². The maximum absolute atomic E-state index is 13.1. The van der Waals surface area contributed by atoms with Crippen LogP contribution >= 0.6 is 23.2 Å². The number of aryl methyl sites for hydroxylation is 1. The highest BCUT2D eigenvalue weighted by molar-refractivity contribution is 6.39. The molecule has 0 aliphatic heterocycles. The van der Waals surface area contributed by atoms with Crippen molar-refractivity contribution in [1.82, 2.24) is 10.1 Å². The normalized spacial score (nSPS) is 10.5. The Morgan fingerprint density at radius 2 is 1.89 bits per heavy atom. The molecular formula is C20H15Cl2N3O2. The smallest absolute Gasteiger partial charge is 0.259 e. The van der Waals surface area contributed by atoms with E-state index in [9.17, 15) is 4.79 Å². The Morgan fingerprint density at radius 3 is 2.56 bits per heavy atom. The largest absolute Gasteiger partial charge is 0.360 e. The van der Waals surface area contributed by atoms with E-state index >= 15 is 0 Å². The van der Waals surface area contributed by atoms with Crippen LogP contribution in [-0.4, -0.2) is 23.0 Å². The maximum Gasteiger partial charge on any atom is 0.259 e. The molecule has 0 unspecified atom stereocenters. The Kier molecular flexibility index (Phi) is 5.50. The summed E-state index contributed by atoms with van der Waals surface area (Å²) in [6.45, 7) is 1.99. The summed E-state index contributed by atoms with van der Waals surface area (Å²) in [5.41, 5.74) is 2.46. The Morgan fingerprint density at radius 1 is 1.22 bits per heavy atom. The lowest BCUT2D eigenvalue weighted by Crippen LogP contribution is -2.27. The number of nitrogens with zero attached hydrogens (tertiary/aromatic N) is 3. The molecule has 2 aromatic carbocycles. The van der Waals surface area contributed by atoms with E-state index in [0.717, 1.165) is 5.56 Å². The minimum Gasteiger partial charge on any atom is -0.360 e. The Bertz CT molecular complexity index is 1030. The number of rotatable bonds is 4. The molecule has 1 amide bonds. The van der Waals surface area contributed by atoms with Gasteiger partial charge in [-0.2, -0.15) is 5.26 Å². The topological polar surface area (TPSA) is 70.1 Å². The van der Waals surface area contributed by atoms with E-state index in [-0.39, 0.29) is 5.91 Å². The predicted molar refractivity (Wildman–Crippen MR) is 104 cm³/mol. The quantitative estimate of drug-likeness (QED) is 0.611. The van der Waals surface area contributed by atoms with Crippen molar-refractivity contribution < 1.29 is 9.32 Å². The number of amides is 1. The summed E-state index contributed by atoms with van der Waals surface area (Å²) in [5, 5.41) is 13.8. The van der Waals surface area contributed by atoms with E-state index in [1.165, 1.54) is 4.90 Å². The summed E-state index contributed by atoms with van der Waals surface area (Å²) < 4.78 is 5.26. The number of nitriles is 1. The molecule has 0 saturated heterocycles. The first-order chi connectivity index (χ1) is 12.9. The van der Waals surface area contributed by atoms with Crippen molar-refractivity contribution >= 4 is 29.1 Å². The van der Waals surface area contributed by atoms with Gasteiger partial charge in [0.05, 0.1) is 21.7 Å². The van der Waals surface area contributed by atoms with Crippen molar-refractivity contribution in [2.24, 2.45) is 0 Å². The number of benzene rings is 2. The van der Waals surface area contributed by atoms with Crippen LogP contribution in [0.2, 0.25) is 10.0 Å². The van der Waals surface area contributed by atoms with E-state index in [4.69, 9.17) is 33.0 Å². The Balaban J connectivity index is 1.96. The van der Waals surface area contributed by atoms with Gasteiger partial charge in [0.15, 0.2) is 0 Å². The summed E-state index contributed by atoms with van der Waals surface area (Å²) in [4.78, 5) is 14.6. The summed E-state index contributed by atoms with van der Waals surface area (Å²) in [6.07, 6.45) is 0. The molecule has 1 aromatic heterocycles. The van der Waals surface area contributed by atoms with E-state index in [1.807, 2.05) is 6.07 Å². The molecule has 0 saturated carbocycles. The first-order valence-electron chi connectivity index (χ1n) is 8.07. The summed E-state index contributed by atoms with van der Waals surface area (Å²) in [7, 11) is 1.67. The molecule has 0 radical (unpaired) electrons. The van der Waals surface area contributed by atoms with Gasteiger partial charge in [0.2, 0.25) is 0 Å². The van der Waals surface area contributed by atoms with E-state index in [0.29, 0.717) is 44.7 Å². The average molecular weight is 400 g/mol. The number of carbonyl (C=O) groups is 1. The third kappa shape index (κ3) is 3.82. The van der Waals surface area contributed by atoms with E-state index < -0.39 is 0 Å². The van der Waals surface area contributed by atoms with Gasteiger partial charge >= 0.3 is 0 Å². The fraction of sp³-hybridized carbons (Fsp3) is 0.150. The van der Waals surface area contributed by atoms with E-state index in [1.54, 1.807) is 50.4 Å². The van der Waals surface area contributed by atoms with Crippen LogP contribution in [-0.2, 0) is 6.54 Å². The number of aromatic nitrogens is 1. The SMILES string of the molecule is Cc1onc(-c2c(Cl)cccc2Cl)c1C(=O)N(C)Cc1cccc(C#N)c1. The number of hydrogen-bond donors (Lipinski definition) is 0. The van der Waals surface area contributed by atoms with Gasteiger partial charge in [-0.05, 0) is 36.8 Å². The van der Waals surface area contributed by atoms with Crippen LogP contribution in [0.5, 0.6) is 0 Å². The fourth-order valence-corrected chi connectivity index (χ4v) is 3.37. The van der Waals surface area contributed by atoms with Gasteiger partial charge in [0.25, 0.3) is 5.91 Å². The molecule has 0 bridgehead atoms. The van der Waals surface area contributed by atoms with Crippen molar-refractivity contribution in [2.45, 2.75) is 13.5 Å². The molecule has 0 fully saturated rings. The molecule has 7 heteroatoms. The van der Waals surface area contributed by atoms with Gasteiger partial charge in [-0.1, -0.05) is 46.6 Å². The number of carbonyl (C=O) groups excluding carboxylic acids is 1. The number of hydrogen-bond acceptors (Lipinski definition) is 4.